The fourth-order valence-corrected chi connectivity index (χ4v) is 3.15. The Morgan fingerprint density at radius 3 is 2.43 bits per heavy atom. The lowest BCUT2D eigenvalue weighted by molar-refractivity contribution is 0.0632. The zero-order valence-corrected chi connectivity index (χ0v) is 9.72. The number of hydrogen-bond acceptors (Lipinski definition) is 3. The smallest absolute Gasteiger partial charge is 0.214 e. The first-order valence-corrected chi connectivity index (χ1v) is 6.72. The van der Waals surface area contributed by atoms with Crippen molar-refractivity contribution in [3.63, 3.8) is 0 Å². The van der Waals surface area contributed by atoms with E-state index in [9.17, 15) is 8.42 Å². The molecule has 0 aromatic rings. The Labute approximate surface area is 86.3 Å². The van der Waals surface area contributed by atoms with E-state index in [1.807, 2.05) is 6.92 Å². The van der Waals surface area contributed by atoms with Gasteiger partial charge in [0.2, 0.25) is 10.0 Å². The summed E-state index contributed by atoms with van der Waals surface area (Å²) < 4.78 is 30.2. The summed E-state index contributed by atoms with van der Waals surface area (Å²) in [5.41, 5.74) is 0. The maximum Gasteiger partial charge on any atom is 0.214 e. The van der Waals surface area contributed by atoms with Gasteiger partial charge in [-0.25, -0.2) is 12.7 Å². The molecule has 0 bridgehead atoms. The van der Waals surface area contributed by atoms with Gasteiger partial charge in [0, 0.05) is 26.3 Å². The highest BCUT2D eigenvalue weighted by atomic mass is 32.2. The number of rotatable bonds is 4. The molecule has 0 saturated carbocycles. The van der Waals surface area contributed by atoms with Gasteiger partial charge < -0.3 is 4.74 Å². The van der Waals surface area contributed by atoms with Crippen molar-refractivity contribution in [3.8, 4) is 0 Å². The van der Waals surface area contributed by atoms with Crippen LogP contribution in [0.15, 0.2) is 0 Å². The summed E-state index contributed by atoms with van der Waals surface area (Å²) >= 11 is 0. The van der Waals surface area contributed by atoms with Crippen LogP contribution in [0.25, 0.3) is 0 Å². The number of hydrogen-bond donors (Lipinski definition) is 0. The molecular formula is C9H19NO3S. The average Bonchev–Trinajstić information content (AvgIpc) is 2.18. The van der Waals surface area contributed by atoms with E-state index in [1.54, 1.807) is 7.05 Å². The third-order valence-corrected chi connectivity index (χ3v) is 4.71. The second-order valence-corrected chi connectivity index (χ2v) is 5.82. The maximum atomic E-state index is 11.7. The van der Waals surface area contributed by atoms with Crippen LogP contribution in [0.5, 0.6) is 0 Å². The molecule has 0 N–H and O–H groups in total. The third kappa shape index (κ3) is 2.93. The van der Waals surface area contributed by atoms with Gasteiger partial charge in [0.15, 0.2) is 0 Å². The molecule has 0 aromatic carbocycles. The SMILES string of the molecule is CCCS(=O)(=O)N(C)C1CCOCC1. The van der Waals surface area contributed by atoms with E-state index in [0.29, 0.717) is 19.6 Å². The molecule has 0 amide bonds. The first-order valence-electron chi connectivity index (χ1n) is 5.11. The Morgan fingerprint density at radius 1 is 1.36 bits per heavy atom. The fraction of sp³-hybridized carbons (Fsp3) is 1.00. The zero-order valence-electron chi connectivity index (χ0n) is 8.90. The molecule has 0 aliphatic carbocycles. The Morgan fingerprint density at radius 2 is 1.93 bits per heavy atom. The van der Waals surface area contributed by atoms with Gasteiger partial charge in [-0.05, 0) is 19.3 Å². The first kappa shape index (κ1) is 11.9. The molecule has 0 aromatic heterocycles. The summed E-state index contributed by atoms with van der Waals surface area (Å²) in [6, 6.07) is 0.139. The zero-order chi connectivity index (χ0) is 10.6. The summed E-state index contributed by atoms with van der Waals surface area (Å²) in [6.45, 7) is 3.24. The number of sulfonamides is 1. The van der Waals surface area contributed by atoms with Gasteiger partial charge >= 0.3 is 0 Å². The monoisotopic (exact) mass is 221 g/mol. The maximum absolute atomic E-state index is 11.7. The van der Waals surface area contributed by atoms with E-state index < -0.39 is 10.0 Å². The molecule has 1 saturated heterocycles. The van der Waals surface area contributed by atoms with Crippen LogP contribution in [-0.2, 0) is 14.8 Å². The predicted molar refractivity (Wildman–Crippen MR) is 55.7 cm³/mol. The predicted octanol–water partition coefficient (Wildman–Crippen LogP) is 0.837. The van der Waals surface area contributed by atoms with E-state index in [-0.39, 0.29) is 11.8 Å². The van der Waals surface area contributed by atoms with E-state index in [1.165, 1.54) is 4.31 Å². The Balaban J connectivity index is 2.58. The molecule has 0 unspecified atom stereocenters. The molecule has 1 heterocycles. The highest BCUT2D eigenvalue weighted by Crippen LogP contribution is 2.16. The summed E-state index contributed by atoms with van der Waals surface area (Å²) in [5.74, 6) is 0.251. The number of nitrogens with zero attached hydrogens (tertiary/aromatic N) is 1. The molecular weight excluding hydrogens is 202 g/mol. The number of ether oxygens (including phenoxy) is 1. The molecule has 4 nitrogen and oxygen atoms in total. The van der Waals surface area contributed by atoms with Gasteiger partial charge in [-0.2, -0.15) is 0 Å². The molecule has 1 rings (SSSR count). The lowest BCUT2D eigenvalue weighted by Crippen LogP contribution is -2.41. The van der Waals surface area contributed by atoms with Crippen molar-refractivity contribution in [1.29, 1.82) is 0 Å². The van der Waals surface area contributed by atoms with Gasteiger partial charge in [0.05, 0.1) is 5.75 Å². The topological polar surface area (TPSA) is 46.6 Å². The van der Waals surface area contributed by atoms with E-state index in [4.69, 9.17) is 4.74 Å². The first-order chi connectivity index (χ1) is 6.58. The van der Waals surface area contributed by atoms with Gasteiger partial charge in [-0.15, -0.1) is 0 Å². The second kappa shape index (κ2) is 5.09. The van der Waals surface area contributed by atoms with Crippen molar-refractivity contribution < 1.29 is 13.2 Å². The van der Waals surface area contributed by atoms with Crippen molar-refractivity contribution in [3.05, 3.63) is 0 Å². The van der Waals surface area contributed by atoms with Crippen LogP contribution in [0.1, 0.15) is 26.2 Å². The van der Waals surface area contributed by atoms with Crippen LogP contribution >= 0.6 is 0 Å². The van der Waals surface area contributed by atoms with Crippen molar-refractivity contribution >= 4 is 10.0 Å². The highest BCUT2D eigenvalue weighted by Gasteiger charge is 2.26. The lowest BCUT2D eigenvalue weighted by atomic mass is 10.1. The van der Waals surface area contributed by atoms with E-state index in [2.05, 4.69) is 0 Å². The van der Waals surface area contributed by atoms with Crippen molar-refractivity contribution in [2.45, 2.75) is 32.2 Å². The van der Waals surface area contributed by atoms with Crippen molar-refractivity contribution in [2.75, 3.05) is 26.0 Å². The molecule has 1 aliphatic rings. The van der Waals surface area contributed by atoms with Crippen molar-refractivity contribution in [2.24, 2.45) is 0 Å². The van der Waals surface area contributed by atoms with Gasteiger partial charge in [-0.3, -0.25) is 0 Å². The fourth-order valence-electron chi connectivity index (χ4n) is 1.68. The quantitative estimate of drug-likeness (QED) is 0.706. The lowest BCUT2D eigenvalue weighted by Gasteiger charge is -2.30. The summed E-state index contributed by atoms with van der Waals surface area (Å²) in [5, 5.41) is 0. The molecule has 14 heavy (non-hydrogen) atoms. The van der Waals surface area contributed by atoms with Crippen LogP contribution in [0.2, 0.25) is 0 Å². The Kier molecular flexibility index (Phi) is 4.34. The standard InChI is InChI=1S/C9H19NO3S/c1-3-8-14(11,12)10(2)9-4-6-13-7-5-9/h9H,3-8H2,1-2H3. The molecule has 1 aliphatic heterocycles. The van der Waals surface area contributed by atoms with Gasteiger partial charge in [0.1, 0.15) is 0 Å². The highest BCUT2D eigenvalue weighted by molar-refractivity contribution is 7.89. The van der Waals surface area contributed by atoms with Gasteiger partial charge in [0.25, 0.3) is 0 Å². The summed E-state index contributed by atoms with van der Waals surface area (Å²) in [4.78, 5) is 0. The van der Waals surface area contributed by atoms with E-state index >= 15 is 0 Å². The normalized spacial score (nSPS) is 20.2. The van der Waals surface area contributed by atoms with Crippen molar-refractivity contribution in [1.82, 2.24) is 4.31 Å². The minimum atomic E-state index is -3.03. The molecule has 0 spiro atoms. The third-order valence-electron chi connectivity index (χ3n) is 2.61. The minimum absolute atomic E-state index is 0.139. The Bertz CT molecular complexity index is 257. The van der Waals surface area contributed by atoms with Crippen LogP contribution in [0, 0.1) is 0 Å². The second-order valence-electron chi connectivity index (χ2n) is 3.68. The molecule has 84 valence electrons. The van der Waals surface area contributed by atoms with Crippen LogP contribution in [-0.4, -0.2) is 44.8 Å². The van der Waals surface area contributed by atoms with Crippen LogP contribution < -0.4 is 0 Å². The molecule has 5 heteroatoms. The Hall–Kier alpha value is -0.130. The van der Waals surface area contributed by atoms with Crippen LogP contribution in [0.3, 0.4) is 0 Å². The molecule has 1 fully saturated rings. The summed E-state index contributed by atoms with van der Waals surface area (Å²) in [6.07, 6.45) is 2.31. The minimum Gasteiger partial charge on any atom is -0.381 e. The summed E-state index contributed by atoms with van der Waals surface area (Å²) in [7, 11) is -1.35. The molecule has 0 radical (unpaired) electrons. The van der Waals surface area contributed by atoms with Gasteiger partial charge in [-0.1, -0.05) is 6.92 Å². The average molecular weight is 221 g/mol. The van der Waals surface area contributed by atoms with Crippen LogP contribution in [0.4, 0.5) is 0 Å². The molecule has 0 atom stereocenters. The van der Waals surface area contributed by atoms with E-state index in [0.717, 1.165) is 12.8 Å². The largest absolute Gasteiger partial charge is 0.381 e.